The summed E-state index contributed by atoms with van der Waals surface area (Å²) in [5.41, 5.74) is 0. The summed E-state index contributed by atoms with van der Waals surface area (Å²) < 4.78 is 10.6. The molecule has 0 radical (unpaired) electrons. The fourth-order valence-corrected chi connectivity index (χ4v) is 1.99. The van der Waals surface area contributed by atoms with Gasteiger partial charge < -0.3 is 14.3 Å². The molecular weight excluding hydrogens is 236 g/mol. The number of aliphatic hydroxyl groups excluding tert-OH is 1. The molecule has 0 spiro atoms. The molecule has 1 unspecified atom stereocenters. The van der Waals surface area contributed by atoms with Gasteiger partial charge in [-0.2, -0.15) is 0 Å². The third kappa shape index (κ3) is 6.80. The zero-order chi connectivity index (χ0) is 13.7. The van der Waals surface area contributed by atoms with Gasteiger partial charge in [-0.25, -0.2) is 0 Å². The summed E-state index contributed by atoms with van der Waals surface area (Å²) in [5, 5.41) is 9.84. The van der Waals surface area contributed by atoms with Crippen LogP contribution in [-0.2, 0) is 14.0 Å². The van der Waals surface area contributed by atoms with Crippen LogP contribution < -0.4 is 0 Å². The summed E-state index contributed by atoms with van der Waals surface area (Å²) in [5.74, 6) is -0.317. The van der Waals surface area contributed by atoms with Gasteiger partial charge in [-0.3, -0.25) is 4.79 Å². The molecule has 0 aromatic rings. The molecule has 0 aromatic heterocycles. The molecule has 102 valence electrons. The van der Waals surface area contributed by atoms with Crippen LogP contribution in [0.15, 0.2) is 0 Å². The van der Waals surface area contributed by atoms with E-state index >= 15 is 0 Å². The molecule has 17 heavy (non-hydrogen) atoms. The lowest BCUT2D eigenvalue weighted by atomic mass is 10.2. The lowest BCUT2D eigenvalue weighted by Gasteiger charge is -2.36. The van der Waals surface area contributed by atoms with E-state index in [0.717, 1.165) is 0 Å². The van der Waals surface area contributed by atoms with Gasteiger partial charge in [-0.05, 0) is 18.1 Å². The Kier molecular flexibility index (Phi) is 6.36. The van der Waals surface area contributed by atoms with Gasteiger partial charge in [0.1, 0.15) is 0 Å². The monoisotopic (exact) mass is 262 g/mol. The van der Waals surface area contributed by atoms with Crippen molar-refractivity contribution in [1.29, 1.82) is 0 Å². The third-order valence-corrected chi connectivity index (χ3v) is 7.70. The Bertz CT molecular complexity index is 245. The van der Waals surface area contributed by atoms with Gasteiger partial charge in [-0.15, -0.1) is 0 Å². The number of carbonyl (C=O) groups is 1. The van der Waals surface area contributed by atoms with Crippen LogP contribution in [0.5, 0.6) is 0 Å². The lowest BCUT2D eigenvalue weighted by Crippen LogP contribution is -2.42. The summed E-state index contributed by atoms with van der Waals surface area (Å²) in [4.78, 5) is 10.5. The largest absolute Gasteiger partial charge is 0.466 e. The highest BCUT2D eigenvalue weighted by Crippen LogP contribution is 2.36. The van der Waals surface area contributed by atoms with Crippen LogP contribution in [0.4, 0.5) is 0 Å². The van der Waals surface area contributed by atoms with Gasteiger partial charge in [0, 0.05) is 13.3 Å². The average molecular weight is 262 g/mol. The number of rotatable bonds is 6. The molecule has 1 atom stereocenters. The highest BCUT2D eigenvalue weighted by Gasteiger charge is 2.37. The van der Waals surface area contributed by atoms with Crippen molar-refractivity contribution in [1.82, 2.24) is 0 Å². The second kappa shape index (κ2) is 6.52. The first-order valence-electron chi connectivity index (χ1n) is 6.01. The second-order valence-electron chi connectivity index (χ2n) is 5.85. The summed E-state index contributed by atoms with van der Waals surface area (Å²) in [7, 11) is -1.80. The van der Waals surface area contributed by atoms with E-state index in [4.69, 9.17) is 9.16 Å². The van der Waals surface area contributed by atoms with Gasteiger partial charge in [0.25, 0.3) is 0 Å². The van der Waals surface area contributed by atoms with Gasteiger partial charge >= 0.3 is 5.97 Å². The van der Waals surface area contributed by atoms with Crippen molar-refractivity contribution in [3.63, 3.8) is 0 Å². The summed E-state index contributed by atoms with van der Waals surface area (Å²) in [6.45, 7) is 12.7. The molecule has 0 aliphatic carbocycles. The van der Waals surface area contributed by atoms with Crippen molar-refractivity contribution >= 4 is 14.3 Å². The number of hydrogen-bond donors (Lipinski definition) is 1. The van der Waals surface area contributed by atoms with Gasteiger partial charge in [0.05, 0.1) is 19.3 Å². The maximum absolute atomic E-state index is 10.5. The van der Waals surface area contributed by atoms with E-state index < -0.39 is 14.4 Å². The van der Waals surface area contributed by atoms with Crippen molar-refractivity contribution in [2.75, 3.05) is 13.2 Å². The zero-order valence-corrected chi connectivity index (χ0v) is 12.9. The van der Waals surface area contributed by atoms with Crippen LogP contribution in [0.3, 0.4) is 0 Å². The van der Waals surface area contributed by atoms with Crippen molar-refractivity contribution in [3.8, 4) is 0 Å². The number of esters is 1. The van der Waals surface area contributed by atoms with Crippen LogP contribution >= 0.6 is 0 Å². The molecule has 1 N–H and O–H groups in total. The second-order valence-corrected chi connectivity index (χ2v) is 10.7. The minimum atomic E-state index is -1.80. The molecule has 0 rings (SSSR count). The zero-order valence-electron chi connectivity index (χ0n) is 11.9. The van der Waals surface area contributed by atoms with Crippen molar-refractivity contribution in [2.24, 2.45) is 0 Å². The Labute approximate surface area is 105 Å². The number of carbonyl (C=O) groups excluding carboxylic acids is 1. The molecule has 4 nitrogen and oxygen atoms in total. The van der Waals surface area contributed by atoms with E-state index in [1.807, 2.05) is 0 Å². The fraction of sp³-hybridized carbons (Fsp3) is 0.917. The van der Waals surface area contributed by atoms with E-state index in [0.29, 0.717) is 13.0 Å². The molecule has 0 fully saturated rings. The molecule has 0 bridgehead atoms. The van der Waals surface area contributed by atoms with Crippen molar-refractivity contribution in [3.05, 3.63) is 0 Å². The maximum atomic E-state index is 10.5. The molecule has 0 aromatic carbocycles. The Morgan fingerprint density at radius 2 is 1.88 bits per heavy atom. The van der Waals surface area contributed by atoms with E-state index in [9.17, 15) is 9.90 Å². The lowest BCUT2D eigenvalue weighted by molar-refractivity contribution is -0.141. The summed E-state index contributed by atoms with van der Waals surface area (Å²) in [6.07, 6.45) is -0.141. The normalized spacial score (nSPS) is 14.5. The van der Waals surface area contributed by atoms with Crippen LogP contribution in [0, 0.1) is 0 Å². The first kappa shape index (κ1) is 16.6. The minimum Gasteiger partial charge on any atom is -0.466 e. The van der Waals surface area contributed by atoms with Crippen LogP contribution in [0.25, 0.3) is 0 Å². The van der Waals surface area contributed by atoms with Crippen molar-refractivity contribution in [2.45, 2.75) is 58.4 Å². The molecule has 0 aliphatic rings. The van der Waals surface area contributed by atoms with E-state index in [1.165, 1.54) is 6.92 Å². The van der Waals surface area contributed by atoms with Crippen LogP contribution in [-0.4, -0.2) is 38.7 Å². The highest BCUT2D eigenvalue weighted by molar-refractivity contribution is 6.74. The standard InChI is InChI=1S/C12H26O4Si/c1-10(13)15-8-7-11(14)9-16-17(5,6)12(2,3)4/h11,14H,7-9H2,1-6H3. The molecule has 0 heterocycles. The topological polar surface area (TPSA) is 55.8 Å². The Balaban J connectivity index is 3.91. The molecular formula is C12H26O4Si. The molecule has 5 heteroatoms. The first-order chi connectivity index (χ1) is 7.56. The van der Waals surface area contributed by atoms with E-state index in [1.54, 1.807) is 0 Å². The molecule has 0 aliphatic heterocycles. The third-order valence-electron chi connectivity index (χ3n) is 3.20. The highest BCUT2D eigenvalue weighted by atomic mass is 28.4. The predicted molar refractivity (Wildman–Crippen MR) is 70.4 cm³/mol. The number of hydrogen-bond acceptors (Lipinski definition) is 4. The Morgan fingerprint density at radius 3 is 2.29 bits per heavy atom. The Morgan fingerprint density at radius 1 is 1.35 bits per heavy atom. The van der Waals surface area contributed by atoms with Crippen LogP contribution in [0.1, 0.15) is 34.1 Å². The fourth-order valence-electron chi connectivity index (χ4n) is 0.943. The maximum Gasteiger partial charge on any atom is 0.302 e. The van der Waals surface area contributed by atoms with Gasteiger partial charge in [0.15, 0.2) is 8.32 Å². The summed E-state index contributed by atoms with van der Waals surface area (Å²) in [6, 6.07) is 0. The van der Waals surface area contributed by atoms with Crippen LogP contribution in [0.2, 0.25) is 18.1 Å². The minimum absolute atomic E-state index is 0.141. The summed E-state index contributed by atoms with van der Waals surface area (Å²) >= 11 is 0. The SMILES string of the molecule is CC(=O)OCCC(O)CO[Si](C)(C)C(C)(C)C. The van der Waals surface area contributed by atoms with E-state index in [-0.39, 0.29) is 17.6 Å². The number of ether oxygens (including phenoxy) is 1. The number of aliphatic hydroxyl groups is 1. The quantitative estimate of drug-likeness (QED) is 0.589. The Hall–Kier alpha value is -0.393. The molecule has 0 saturated carbocycles. The predicted octanol–water partition coefficient (Wildman–Crippen LogP) is 2.32. The molecule has 0 amide bonds. The van der Waals surface area contributed by atoms with Gasteiger partial charge in [0.2, 0.25) is 0 Å². The smallest absolute Gasteiger partial charge is 0.302 e. The van der Waals surface area contributed by atoms with E-state index in [2.05, 4.69) is 33.9 Å². The van der Waals surface area contributed by atoms with Gasteiger partial charge in [-0.1, -0.05) is 20.8 Å². The first-order valence-corrected chi connectivity index (χ1v) is 8.92. The van der Waals surface area contributed by atoms with Crippen molar-refractivity contribution < 1.29 is 19.1 Å². The molecule has 0 saturated heterocycles. The average Bonchev–Trinajstić information content (AvgIpc) is 2.12.